The lowest BCUT2D eigenvalue weighted by Crippen LogP contribution is -2.21. The molecule has 0 radical (unpaired) electrons. The SMILES string of the molecule is CC(C)(C)c1nn(CC(O)c2ccccc2Cl)c(=O)o1. The number of aliphatic hydroxyl groups excluding tert-OH is 1. The molecule has 108 valence electrons. The summed E-state index contributed by atoms with van der Waals surface area (Å²) in [5.41, 5.74) is 0.195. The molecule has 0 aliphatic rings. The smallest absolute Gasteiger partial charge is 0.392 e. The van der Waals surface area contributed by atoms with Gasteiger partial charge in [0.2, 0.25) is 5.89 Å². The highest BCUT2D eigenvalue weighted by molar-refractivity contribution is 6.31. The zero-order valence-corrected chi connectivity index (χ0v) is 12.4. The van der Waals surface area contributed by atoms with Crippen molar-refractivity contribution in [3.05, 3.63) is 51.3 Å². The van der Waals surface area contributed by atoms with Crippen LogP contribution in [0.2, 0.25) is 5.02 Å². The van der Waals surface area contributed by atoms with Crippen molar-refractivity contribution in [1.29, 1.82) is 0 Å². The second-order valence-corrected chi connectivity index (χ2v) is 6.05. The Morgan fingerprint density at radius 3 is 2.60 bits per heavy atom. The van der Waals surface area contributed by atoms with E-state index in [1.165, 1.54) is 0 Å². The summed E-state index contributed by atoms with van der Waals surface area (Å²) < 4.78 is 6.22. The van der Waals surface area contributed by atoms with Crippen LogP contribution < -0.4 is 5.76 Å². The molecule has 1 aromatic carbocycles. The van der Waals surface area contributed by atoms with Gasteiger partial charge in [0, 0.05) is 16.0 Å². The molecule has 1 heterocycles. The topological polar surface area (TPSA) is 68.3 Å². The van der Waals surface area contributed by atoms with Crippen LogP contribution in [0.1, 0.15) is 38.3 Å². The summed E-state index contributed by atoms with van der Waals surface area (Å²) in [6, 6.07) is 6.95. The minimum Gasteiger partial charge on any atom is -0.392 e. The van der Waals surface area contributed by atoms with E-state index in [0.717, 1.165) is 4.68 Å². The van der Waals surface area contributed by atoms with Crippen LogP contribution in [0.3, 0.4) is 0 Å². The normalized spacial score (nSPS) is 13.4. The van der Waals surface area contributed by atoms with Gasteiger partial charge in [0.15, 0.2) is 0 Å². The fourth-order valence-electron chi connectivity index (χ4n) is 1.73. The molecule has 6 heteroatoms. The van der Waals surface area contributed by atoms with Gasteiger partial charge in [-0.25, -0.2) is 4.79 Å². The van der Waals surface area contributed by atoms with Gasteiger partial charge in [0.1, 0.15) is 6.10 Å². The number of hydrogen-bond donors (Lipinski definition) is 1. The lowest BCUT2D eigenvalue weighted by Gasteiger charge is -2.12. The van der Waals surface area contributed by atoms with Crippen LogP contribution in [0.5, 0.6) is 0 Å². The van der Waals surface area contributed by atoms with Gasteiger partial charge in [0.05, 0.1) is 6.54 Å². The zero-order valence-electron chi connectivity index (χ0n) is 11.6. The average Bonchev–Trinajstić information content (AvgIpc) is 2.71. The molecular formula is C14H17ClN2O3. The maximum absolute atomic E-state index is 11.7. The van der Waals surface area contributed by atoms with Gasteiger partial charge in [-0.1, -0.05) is 50.6 Å². The number of rotatable bonds is 3. The number of aliphatic hydroxyl groups is 1. The predicted molar refractivity (Wildman–Crippen MR) is 75.9 cm³/mol. The fourth-order valence-corrected chi connectivity index (χ4v) is 1.99. The van der Waals surface area contributed by atoms with Crippen molar-refractivity contribution in [2.24, 2.45) is 0 Å². The van der Waals surface area contributed by atoms with Crippen LogP contribution in [0.25, 0.3) is 0 Å². The van der Waals surface area contributed by atoms with E-state index in [0.29, 0.717) is 16.5 Å². The van der Waals surface area contributed by atoms with Crippen molar-refractivity contribution in [3.63, 3.8) is 0 Å². The standard InChI is InChI=1S/C14H17ClN2O3/c1-14(2,3)12-16-17(13(19)20-12)8-11(18)9-6-4-5-7-10(9)15/h4-7,11,18H,8H2,1-3H3. The molecule has 1 atom stereocenters. The Kier molecular flexibility index (Phi) is 4.01. The molecular weight excluding hydrogens is 280 g/mol. The monoisotopic (exact) mass is 296 g/mol. The van der Waals surface area contributed by atoms with Crippen LogP contribution in [0.15, 0.2) is 33.5 Å². The number of halogens is 1. The van der Waals surface area contributed by atoms with Crippen LogP contribution >= 0.6 is 11.6 Å². The second kappa shape index (κ2) is 5.42. The van der Waals surface area contributed by atoms with Crippen LogP contribution in [-0.4, -0.2) is 14.9 Å². The molecule has 1 aromatic heterocycles. The molecule has 0 aliphatic heterocycles. The highest BCUT2D eigenvalue weighted by atomic mass is 35.5. The van der Waals surface area contributed by atoms with Crippen LogP contribution in [0.4, 0.5) is 0 Å². The Morgan fingerprint density at radius 2 is 2.05 bits per heavy atom. The maximum atomic E-state index is 11.7. The third kappa shape index (κ3) is 3.11. The van der Waals surface area contributed by atoms with Gasteiger partial charge in [-0.2, -0.15) is 4.68 Å². The van der Waals surface area contributed by atoms with Crippen molar-refractivity contribution >= 4 is 11.6 Å². The van der Waals surface area contributed by atoms with Crippen LogP contribution in [-0.2, 0) is 12.0 Å². The zero-order chi connectivity index (χ0) is 14.9. The largest absolute Gasteiger partial charge is 0.437 e. The van der Waals surface area contributed by atoms with E-state index < -0.39 is 11.9 Å². The summed E-state index contributed by atoms with van der Waals surface area (Å²) in [6.45, 7) is 5.69. The Bertz CT molecular complexity index is 655. The van der Waals surface area contributed by atoms with Crippen molar-refractivity contribution in [3.8, 4) is 0 Å². The Hall–Kier alpha value is -1.59. The van der Waals surface area contributed by atoms with Gasteiger partial charge in [-0.15, -0.1) is 5.10 Å². The summed E-state index contributed by atoms with van der Waals surface area (Å²) in [4.78, 5) is 11.7. The van der Waals surface area contributed by atoms with E-state index in [4.69, 9.17) is 16.0 Å². The first-order valence-electron chi connectivity index (χ1n) is 6.30. The third-order valence-corrected chi connectivity index (χ3v) is 3.20. The van der Waals surface area contributed by atoms with Gasteiger partial charge < -0.3 is 9.52 Å². The highest BCUT2D eigenvalue weighted by Gasteiger charge is 2.23. The van der Waals surface area contributed by atoms with E-state index in [1.54, 1.807) is 24.3 Å². The molecule has 0 bridgehead atoms. The molecule has 1 unspecified atom stereocenters. The summed E-state index contributed by atoms with van der Waals surface area (Å²) >= 11 is 6.01. The quantitative estimate of drug-likeness (QED) is 0.945. The Balaban J connectivity index is 2.25. The number of nitrogens with zero attached hydrogens (tertiary/aromatic N) is 2. The molecule has 20 heavy (non-hydrogen) atoms. The maximum Gasteiger partial charge on any atom is 0.437 e. The average molecular weight is 297 g/mol. The van der Waals surface area contributed by atoms with Crippen molar-refractivity contribution in [2.75, 3.05) is 0 Å². The minimum atomic E-state index is -0.917. The van der Waals surface area contributed by atoms with Gasteiger partial charge in [0.25, 0.3) is 0 Å². The second-order valence-electron chi connectivity index (χ2n) is 5.64. The summed E-state index contributed by atoms with van der Waals surface area (Å²) in [5, 5.41) is 14.7. The summed E-state index contributed by atoms with van der Waals surface area (Å²) in [7, 11) is 0. The lowest BCUT2D eigenvalue weighted by atomic mass is 9.97. The molecule has 0 saturated heterocycles. The summed E-state index contributed by atoms with van der Waals surface area (Å²) in [5.74, 6) is -0.241. The first-order valence-corrected chi connectivity index (χ1v) is 6.68. The van der Waals surface area contributed by atoms with Crippen molar-refractivity contribution in [1.82, 2.24) is 9.78 Å². The van der Waals surface area contributed by atoms with E-state index in [9.17, 15) is 9.90 Å². The van der Waals surface area contributed by atoms with E-state index in [2.05, 4.69) is 5.10 Å². The lowest BCUT2D eigenvalue weighted by molar-refractivity contribution is 0.148. The first-order chi connectivity index (χ1) is 9.29. The summed E-state index contributed by atoms with van der Waals surface area (Å²) in [6.07, 6.45) is -0.917. The first kappa shape index (κ1) is 14.8. The molecule has 1 N–H and O–H groups in total. The molecule has 2 aromatic rings. The molecule has 0 spiro atoms. The number of aromatic nitrogens is 2. The van der Waals surface area contributed by atoms with Crippen LogP contribution in [0, 0.1) is 0 Å². The molecule has 2 rings (SSSR count). The molecule has 0 aliphatic carbocycles. The van der Waals surface area contributed by atoms with Gasteiger partial charge >= 0.3 is 5.76 Å². The Morgan fingerprint density at radius 1 is 1.40 bits per heavy atom. The van der Waals surface area contributed by atoms with Crippen molar-refractivity contribution in [2.45, 2.75) is 38.8 Å². The predicted octanol–water partition coefficient (Wildman–Crippen LogP) is 2.52. The van der Waals surface area contributed by atoms with Gasteiger partial charge in [-0.3, -0.25) is 0 Å². The van der Waals surface area contributed by atoms with E-state index in [1.807, 2.05) is 20.8 Å². The van der Waals surface area contributed by atoms with Crippen molar-refractivity contribution < 1.29 is 9.52 Å². The van der Waals surface area contributed by atoms with E-state index in [-0.39, 0.29) is 12.0 Å². The fraction of sp³-hybridized carbons (Fsp3) is 0.429. The highest BCUT2D eigenvalue weighted by Crippen LogP contribution is 2.24. The third-order valence-electron chi connectivity index (χ3n) is 2.86. The Labute approximate surface area is 121 Å². The van der Waals surface area contributed by atoms with Gasteiger partial charge in [-0.05, 0) is 6.07 Å². The molecule has 0 amide bonds. The molecule has 0 fully saturated rings. The number of hydrogen-bond acceptors (Lipinski definition) is 4. The number of benzene rings is 1. The molecule has 5 nitrogen and oxygen atoms in total. The minimum absolute atomic E-state index is 0.00213. The van der Waals surface area contributed by atoms with E-state index >= 15 is 0 Å². The molecule has 0 saturated carbocycles.